The zero-order valence-electron chi connectivity index (χ0n) is 4.22. The van der Waals surface area contributed by atoms with Crippen LogP contribution in [0.4, 0.5) is 0 Å². The molecule has 0 atom stereocenters. The zero-order valence-corrected chi connectivity index (χ0v) is 4.97. The lowest BCUT2D eigenvalue weighted by Gasteiger charge is -2.02. The molecule has 0 saturated heterocycles. The summed E-state index contributed by atoms with van der Waals surface area (Å²) in [5.74, 6) is -0.555. The normalized spacial score (nSPS) is 9.44. The topological polar surface area (TPSA) is 68.8 Å². The molecular formula is C4H2ClN2O2-. The summed E-state index contributed by atoms with van der Waals surface area (Å²) >= 11 is 5.18. The first-order valence-electron chi connectivity index (χ1n) is 2.12. The minimum Gasteiger partial charge on any atom is -0.870 e. The largest absolute Gasteiger partial charge is 0.870 e. The Hall–Kier alpha value is -1.03. The minimum absolute atomic E-state index is 0.343. The highest BCUT2D eigenvalue weighted by Crippen LogP contribution is 2.09. The lowest BCUT2D eigenvalue weighted by atomic mass is 10.5. The first-order chi connectivity index (χ1) is 4.22. The number of halogens is 1. The van der Waals surface area contributed by atoms with Crippen LogP contribution in [-0.4, -0.2) is 10.2 Å². The predicted octanol–water partition coefficient (Wildman–Crippen LogP) is -0.503. The van der Waals surface area contributed by atoms with E-state index in [9.17, 15) is 9.90 Å². The van der Waals surface area contributed by atoms with Crippen LogP contribution in [0.2, 0.25) is 5.02 Å². The number of rotatable bonds is 0. The summed E-state index contributed by atoms with van der Waals surface area (Å²) in [5, 5.41) is 15.3. The summed E-state index contributed by atoms with van der Waals surface area (Å²) in [7, 11) is 0. The number of hydrogen-bond donors (Lipinski definition) is 1. The molecule has 0 bridgehead atoms. The van der Waals surface area contributed by atoms with Gasteiger partial charge in [-0.1, -0.05) is 17.4 Å². The molecule has 1 aromatic rings. The van der Waals surface area contributed by atoms with E-state index in [1.165, 1.54) is 0 Å². The van der Waals surface area contributed by atoms with Crippen molar-refractivity contribution in [2.24, 2.45) is 0 Å². The van der Waals surface area contributed by atoms with Gasteiger partial charge in [-0.05, 0) is 0 Å². The first kappa shape index (κ1) is 6.10. The van der Waals surface area contributed by atoms with Gasteiger partial charge in [-0.3, -0.25) is 4.79 Å². The molecule has 0 aliphatic rings. The standard InChI is InChI=1S/C4H3ClN2O2/c5-3-2(8)1-6-7-4(3)9/h1H,(H2,7,8,9)/p-1. The number of H-pyrrole nitrogens is 1. The van der Waals surface area contributed by atoms with Crippen molar-refractivity contribution < 1.29 is 5.11 Å². The maximum atomic E-state index is 10.4. The summed E-state index contributed by atoms with van der Waals surface area (Å²) in [5.41, 5.74) is -0.649. The molecule has 1 heterocycles. The molecule has 0 aliphatic carbocycles. The molecule has 0 radical (unpaired) electrons. The van der Waals surface area contributed by atoms with E-state index < -0.39 is 11.3 Å². The van der Waals surface area contributed by atoms with Crippen LogP contribution in [0.25, 0.3) is 0 Å². The second kappa shape index (κ2) is 2.06. The maximum Gasteiger partial charge on any atom is 0.282 e. The molecule has 1 aromatic heterocycles. The van der Waals surface area contributed by atoms with Crippen molar-refractivity contribution in [2.45, 2.75) is 0 Å². The predicted molar refractivity (Wildman–Crippen MR) is 29.3 cm³/mol. The van der Waals surface area contributed by atoms with Gasteiger partial charge in [0.25, 0.3) is 5.56 Å². The van der Waals surface area contributed by atoms with E-state index in [2.05, 4.69) is 5.10 Å². The third kappa shape index (κ3) is 1.02. The Balaban J connectivity index is 3.43. The molecule has 4 nitrogen and oxygen atoms in total. The molecule has 48 valence electrons. The number of nitrogens with zero attached hydrogens (tertiary/aromatic N) is 1. The smallest absolute Gasteiger partial charge is 0.282 e. The fourth-order valence-corrected chi connectivity index (χ4v) is 0.458. The van der Waals surface area contributed by atoms with Crippen LogP contribution in [-0.2, 0) is 0 Å². The lowest BCUT2D eigenvalue weighted by Crippen LogP contribution is -2.10. The van der Waals surface area contributed by atoms with Crippen molar-refractivity contribution in [3.05, 3.63) is 21.6 Å². The van der Waals surface area contributed by atoms with Gasteiger partial charge in [-0.2, -0.15) is 5.10 Å². The monoisotopic (exact) mass is 145 g/mol. The summed E-state index contributed by atoms with van der Waals surface area (Å²) in [4.78, 5) is 10.4. The van der Waals surface area contributed by atoms with Gasteiger partial charge in [0.2, 0.25) is 0 Å². The Bertz CT molecular complexity index is 270. The van der Waals surface area contributed by atoms with E-state index in [-0.39, 0.29) is 5.02 Å². The summed E-state index contributed by atoms with van der Waals surface area (Å²) in [6.07, 6.45) is 0.948. The average molecular weight is 146 g/mol. The van der Waals surface area contributed by atoms with Gasteiger partial charge in [-0.15, -0.1) is 0 Å². The van der Waals surface area contributed by atoms with Crippen molar-refractivity contribution in [3.8, 4) is 5.75 Å². The van der Waals surface area contributed by atoms with E-state index in [1.54, 1.807) is 0 Å². The van der Waals surface area contributed by atoms with Gasteiger partial charge < -0.3 is 5.11 Å². The Morgan fingerprint density at radius 2 is 2.44 bits per heavy atom. The summed E-state index contributed by atoms with van der Waals surface area (Å²) in [6.45, 7) is 0. The van der Waals surface area contributed by atoms with Crippen LogP contribution >= 0.6 is 11.6 Å². The van der Waals surface area contributed by atoms with Crippen molar-refractivity contribution in [1.29, 1.82) is 0 Å². The van der Waals surface area contributed by atoms with Gasteiger partial charge in [0, 0.05) is 6.20 Å². The minimum atomic E-state index is -0.649. The fourth-order valence-electron chi connectivity index (χ4n) is 0.367. The molecule has 0 aliphatic heterocycles. The second-order valence-electron chi connectivity index (χ2n) is 1.38. The molecule has 0 aromatic carbocycles. The van der Waals surface area contributed by atoms with E-state index in [0.717, 1.165) is 6.20 Å². The zero-order chi connectivity index (χ0) is 6.85. The Morgan fingerprint density at radius 1 is 1.78 bits per heavy atom. The lowest BCUT2D eigenvalue weighted by molar-refractivity contribution is -0.268. The Morgan fingerprint density at radius 3 is 2.89 bits per heavy atom. The van der Waals surface area contributed by atoms with Crippen molar-refractivity contribution in [2.75, 3.05) is 0 Å². The van der Waals surface area contributed by atoms with Gasteiger partial charge in [-0.25, -0.2) is 5.10 Å². The third-order valence-corrected chi connectivity index (χ3v) is 1.12. The molecule has 1 rings (SSSR count). The van der Waals surface area contributed by atoms with Gasteiger partial charge >= 0.3 is 0 Å². The quantitative estimate of drug-likeness (QED) is 0.535. The van der Waals surface area contributed by atoms with Crippen LogP contribution in [0.15, 0.2) is 11.0 Å². The highest BCUT2D eigenvalue weighted by atomic mass is 35.5. The molecule has 0 fully saturated rings. The molecule has 9 heavy (non-hydrogen) atoms. The Kier molecular flexibility index (Phi) is 1.40. The molecule has 0 amide bonds. The van der Waals surface area contributed by atoms with Gasteiger partial charge in [0.05, 0.1) is 0 Å². The van der Waals surface area contributed by atoms with Crippen LogP contribution in [0, 0.1) is 0 Å². The van der Waals surface area contributed by atoms with Crippen molar-refractivity contribution in [1.82, 2.24) is 10.2 Å². The molecular weight excluding hydrogens is 144 g/mol. The molecule has 1 N–H and O–H groups in total. The van der Waals surface area contributed by atoms with E-state index >= 15 is 0 Å². The second-order valence-corrected chi connectivity index (χ2v) is 1.76. The third-order valence-electron chi connectivity index (χ3n) is 0.764. The van der Waals surface area contributed by atoms with Crippen LogP contribution in [0.5, 0.6) is 5.75 Å². The van der Waals surface area contributed by atoms with Crippen molar-refractivity contribution in [3.63, 3.8) is 0 Å². The highest BCUT2D eigenvalue weighted by molar-refractivity contribution is 6.31. The van der Waals surface area contributed by atoms with Crippen LogP contribution in [0.3, 0.4) is 0 Å². The highest BCUT2D eigenvalue weighted by Gasteiger charge is 1.92. The average Bonchev–Trinajstić information content (AvgIpc) is 1.83. The summed E-state index contributed by atoms with van der Waals surface area (Å²) in [6, 6.07) is 0. The van der Waals surface area contributed by atoms with Gasteiger partial charge in [0.15, 0.2) is 0 Å². The number of aromatic amines is 1. The number of nitrogens with one attached hydrogen (secondary N) is 1. The van der Waals surface area contributed by atoms with E-state index in [1.807, 2.05) is 5.10 Å². The van der Waals surface area contributed by atoms with Crippen molar-refractivity contribution >= 4 is 11.6 Å². The molecule has 0 saturated carbocycles. The van der Waals surface area contributed by atoms with E-state index in [4.69, 9.17) is 11.6 Å². The first-order valence-corrected chi connectivity index (χ1v) is 2.50. The Labute approximate surface area is 55.1 Å². The number of aromatic nitrogens is 2. The van der Waals surface area contributed by atoms with Crippen LogP contribution < -0.4 is 10.7 Å². The molecule has 0 unspecified atom stereocenters. The molecule has 5 heteroatoms. The SMILES string of the molecule is O=c1[nH]ncc([O-])c1Cl. The number of hydrogen-bond acceptors (Lipinski definition) is 3. The maximum absolute atomic E-state index is 10.4. The fraction of sp³-hybridized carbons (Fsp3) is 0. The van der Waals surface area contributed by atoms with Gasteiger partial charge in [0.1, 0.15) is 5.02 Å². The summed E-state index contributed by atoms with van der Waals surface area (Å²) < 4.78 is 0. The molecule has 0 spiro atoms. The van der Waals surface area contributed by atoms with Crippen LogP contribution in [0.1, 0.15) is 0 Å². The van der Waals surface area contributed by atoms with E-state index in [0.29, 0.717) is 0 Å².